The molecule has 8 heteroatoms. The monoisotopic (exact) mass is 568 g/mol. The van der Waals surface area contributed by atoms with Crippen molar-refractivity contribution in [1.82, 2.24) is 0 Å². The van der Waals surface area contributed by atoms with E-state index in [0.717, 1.165) is 18.9 Å². The van der Waals surface area contributed by atoms with Crippen LogP contribution in [-0.4, -0.2) is 55.9 Å². The zero-order chi connectivity index (χ0) is 31.4. The molecule has 4 rings (SSSR count). The first-order valence-electron chi connectivity index (χ1n) is 14.6. The Bertz CT molecular complexity index is 1380. The van der Waals surface area contributed by atoms with Gasteiger partial charge in [-0.25, -0.2) is 0 Å². The lowest BCUT2D eigenvalue weighted by molar-refractivity contribution is -0.240. The van der Waals surface area contributed by atoms with Crippen molar-refractivity contribution in [2.24, 2.45) is 34.5 Å². The predicted octanol–water partition coefficient (Wildman–Crippen LogP) is 3.87. The van der Waals surface area contributed by atoms with Gasteiger partial charge in [0.15, 0.2) is 28.7 Å². The van der Waals surface area contributed by atoms with Crippen LogP contribution in [0.25, 0.3) is 0 Å². The van der Waals surface area contributed by atoms with Crippen molar-refractivity contribution < 1.29 is 39.3 Å². The van der Waals surface area contributed by atoms with Gasteiger partial charge in [-0.2, -0.15) is 0 Å². The highest BCUT2D eigenvalue weighted by molar-refractivity contribution is 6.33. The van der Waals surface area contributed by atoms with E-state index in [2.05, 4.69) is 0 Å². The minimum absolute atomic E-state index is 0.0218. The molecule has 0 aromatic heterocycles. The Hall–Kier alpha value is -2.71. The molecule has 3 N–H and O–H groups in total. The van der Waals surface area contributed by atoms with Gasteiger partial charge in [0.1, 0.15) is 17.5 Å². The first kappa shape index (κ1) is 31.2. The van der Waals surface area contributed by atoms with Gasteiger partial charge in [-0.1, -0.05) is 74.8 Å². The van der Waals surface area contributed by atoms with Crippen LogP contribution in [0.3, 0.4) is 0 Å². The van der Waals surface area contributed by atoms with Crippen LogP contribution in [-0.2, 0) is 31.0 Å². The largest absolute Gasteiger partial charge is 0.507 e. The number of phenolic OH excluding ortho intramolecular Hbond substituents is 1. The highest BCUT2D eigenvalue weighted by Gasteiger charge is 2.80. The van der Waals surface area contributed by atoms with Crippen LogP contribution in [0.4, 0.5) is 0 Å². The Morgan fingerprint density at radius 2 is 1.63 bits per heavy atom. The Labute approximate surface area is 241 Å². The van der Waals surface area contributed by atoms with Crippen molar-refractivity contribution in [1.29, 1.82) is 0 Å². The molecule has 0 spiro atoms. The number of carbonyl (C=O) groups excluding carboxylic acids is 5. The summed E-state index contributed by atoms with van der Waals surface area (Å²) >= 11 is 0. The molecule has 2 fully saturated rings. The van der Waals surface area contributed by atoms with Crippen molar-refractivity contribution in [3.05, 3.63) is 28.3 Å². The van der Waals surface area contributed by atoms with E-state index < -0.39 is 86.5 Å². The molecule has 0 radical (unpaired) electrons. The van der Waals surface area contributed by atoms with Gasteiger partial charge < -0.3 is 15.3 Å². The summed E-state index contributed by atoms with van der Waals surface area (Å²) in [6.07, 6.45) is -0.339. The smallest absolute Gasteiger partial charge is 0.191 e. The summed E-state index contributed by atoms with van der Waals surface area (Å²) in [5.74, 6) is -11.0. The molecule has 0 bridgehead atoms. The molecule has 8 atom stereocenters. The van der Waals surface area contributed by atoms with E-state index in [1.165, 1.54) is 6.92 Å². The number of fused-ring (bicyclic) bond motifs is 3. The number of aliphatic hydroxyl groups is 2. The van der Waals surface area contributed by atoms with E-state index in [1.54, 1.807) is 27.7 Å². The van der Waals surface area contributed by atoms with Gasteiger partial charge in [-0.05, 0) is 41.7 Å². The fourth-order valence-corrected chi connectivity index (χ4v) is 8.64. The molecular formula is C33H44O8. The molecule has 1 aromatic carbocycles. The van der Waals surface area contributed by atoms with E-state index in [9.17, 15) is 39.3 Å². The van der Waals surface area contributed by atoms with Crippen LogP contribution in [0, 0.1) is 34.5 Å². The zero-order valence-corrected chi connectivity index (χ0v) is 25.8. The van der Waals surface area contributed by atoms with Crippen molar-refractivity contribution in [3.8, 4) is 5.75 Å². The van der Waals surface area contributed by atoms with Crippen LogP contribution < -0.4 is 0 Å². The summed E-state index contributed by atoms with van der Waals surface area (Å²) in [7, 11) is 0. The number of aryl methyl sites for hydroxylation is 1. The molecule has 3 unspecified atom stereocenters. The lowest BCUT2D eigenvalue weighted by Crippen LogP contribution is -2.82. The third-order valence-electron chi connectivity index (χ3n) is 10.7. The lowest BCUT2D eigenvalue weighted by atomic mass is 9.37. The van der Waals surface area contributed by atoms with Gasteiger partial charge in [0.25, 0.3) is 0 Å². The Morgan fingerprint density at radius 3 is 2.10 bits per heavy atom. The molecule has 1 aromatic rings. The second kappa shape index (κ2) is 9.40. The maximum absolute atomic E-state index is 14.6. The number of hydrogen-bond donors (Lipinski definition) is 3. The molecule has 0 heterocycles. The molecule has 2 saturated carbocycles. The summed E-state index contributed by atoms with van der Waals surface area (Å²) in [4.78, 5) is 69.3. The van der Waals surface area contributed by atoms with Crippen LogP contribution in [0.15, 0.2) is 6.07 Å². The fourth-order valence-electron chi connectivity index (χ4n) is 8.64. The number of benzene rings is 1. The number of rotatable bonds is 4. The molecular weight excluding hydrogens is 524 g/mol. The van der Waals surface area contributed by atoms with Crippen molar-refractivity contribution in [2.75, 3.05) is 0 Å². The standard InChI is InChI=1S/C33H44O8/c1-11-12-17-13-18(30(6,7)8)24(35)21-19(17)15(4)31(9)23(26(21)37)28(39)33(41)27(38)20(16(5)34)25(36)22(14(2)3)32(33,10)29(31)40/h13-15,20,22-23,29,35,40-41H,11-12H2,1-10H3/t15-,20?,22?,23?,29-,31+,32+,33+/m1/s1. The van der Waals surface area contributed by atoms with Gasteiger partial charge in [0, 0.05) is 22.3 Å². The summed E-state index contributed by atoms with van der Waals surface area (Å²) in [6, 6.07) is 1.89. The van der Waals surface area contributed by atoms with E-state index >= 15 is 0 Å². The van der Waals surface area contributed by atoms with Gasteiger partial charge >= 0.3 is 0 Å². The minimum atomic E-state index is -2.97. The fraction of sp³-hybridized carbons (Fsp3) is 0.667. The number of ketones is 5. The molecule has 0 amide bonds. The lowest BCUT2D eigenvalue weighted by Gasteiger charge is -2.65. The third-order valence-corrected chi connectivity index (χ3v) is 10.7. The summed E-state index contributed by atoms with van der Waals surface area (Å²) in [6.45, 7) is 16.9. The minimum Gasteiger partial charge on any atom is -0.507 e. The first-order valence-corrected chi connectivity index (χ1v) is 14.6. The molecule has 0 saturated heterocycles. The number of hydrogen-bond acceptors (Lipinski definition) is 8. The van der Waals surface area contributed by atoms with E-state index in [-0.39, 0.29) is 11.3 Å². The number of carbonyl (C=O) groups is 5. The van der Waals surface area contributed by atoms with Crippen molar-refractivity contribution in [2.45, 2.75) is 105 Å². The Kier molecular flexibility index (Phi) is 7.16. The van der Waals surface area contributed by atoms with E-state index in [4.69, 9.17) is 0 Å². The maximum atomic E-state index is 14.6. The molecule has 41 heavy (non-hydrogen) atoms. The van der Waals surface area contributed by atoms with Crippen molar-refractivity contribution >= 4 is 28.9 Å². The highest BCUT2D eigenvalue weighted by Crippen LogP contribution is 2.67. The first-order chi connectivity index (χ1) is 18.7. The quantitative estimate of drug-likeness (QED) is 0.464. The van der Waals surface area contributed by atoms with E-state index in [0.29, 0.717) is 17.5 Å². The number of aromatic hydroxyl groups is 1. The second-order valence-electron chi connectivity index (χ2n) is 14.4. The van der Waals surface area contributed by atoms with Gasteiger partial charge in [0.05, 0.1) is 17.6 Å². The zero-order valence-electron chi connectivity index (χ0n) is 25.8. The van der Waals surface area contributed by atoms with Crippen LogP contribution in [0.5, 0.6) is 5.75 Å². The van der Waals surface area contributed by atoms with Crippen LogP contribution >= 0.6 is 0 Å². The van der Waals surface area contributed by atoms with Gasteiger partial charge in [-0.3, -0.25) is 24.0 Å². The second-order valence-corrected chi connectivity index (χ2v) is 14.4. The van der Waals surface area contributed by atoms with Gasteiger partial charge in [-0.15, -0.1) is 0 Å². The van der Waals surface area contributed by atoms with Gasteiger partial charge in [0.2, 0.25) is 0 Å². The summed E-state index contributed by atoms with van der Waals surface area (Å²) in [5.41, 5.74) is -5.17. The number of aliphatic hydroxyl groups excluding tert-OH is 1. The van der Waals surface area contributed by atoms with E-state index in [1.807, 2.05) is 33.8 Å². The van der Waals surface area contributed by atoms with Crippen LogP contribution in [0.1, 0.15) is 109 Å². The highest BCUT2D eigenvalue weighted by atomic mass is 16.3. The molecule has 8 nitrogen and oxygen atoms in total. The molecule has 0 aliphatic heterocycles. The molecule has 3 aliphatic rings. The number of Topliss-reactive ketones (excluding diaryl/α,β-unsaturated/α-hetero) is 5. The molecule has 224 valence electrons. The normalized spacial score (nSPS) is 37.1. The van der Waals surface area contributed by atoms with Crippen LogP contribution in [0.2, 0.25) is 0 Å². The topological polar surface area (TPSA) is 146 Å². The molecule has 3 aliphatic carbocycles. The third kappa shape index (κ3) is 3.62. The Balaban J connectivity index is 2.12. The average molecular weight is 569 g/mol. The maximum Gasteiger partial charge on any atom is 0.191 e. The van der Waals surface area contributed by atoms with Crippen molar-refractivity contribution in [3.63, 3.8) is 0 Å². The summed E-state index contributed by atoms with van der Waals surface area (Å²) in [5, 5.41) is 36.1. The number of phenols is 1. The Morgan fingerprint density at radius 1 is 1.07 bits per heavy atom. The average Bonchev–Trinajstić information content (AvgIpc) is 2.84. The summed E-state index contributed by atoms with van der Waals surface area (Å²) < 4.78 is 0. The predicted molar refractivity (Wildman–Crippen MR) is 152 cm³/mol. The SMILES string of the molecule is CCCc1cc(C(C)(C)C)c(O)c2c1[C@@H](C)[C@@]1(C)C(C2=O)C(=O)[C@@]2(O)C(=O)C(C(C)=O)C(=O)C(C(C)C)[C@@]2(C)[C@@H]1O.